The van der Waals surface area contributed by atoms with E-state index in [9.17, 15) is 31.2 Å². The molecule has 4 aromatic rings. The molecule has 2 heterocycles. The van der Waals surface area contributed by atoms with Crippen LogP contribution in [0.3, 0.4) is 0 Å². The summed E-state index contributed by atoms with van der Waals surface area (Å²) in [5.74, 6) is -0.938. The third-order valence-corrected chi connectivity index (χ3v) is 8.61. The van der Waals surface area contributed by atoms with Gasteiger partial charge in [-0.05, 0) is 46.0 Å². The first-order chi connectivity index (χ1) is 17.9. The van der Waals surface area contributed by atoms with Crippen molar-refractivity contribution in [1.29, 1.82) is 0 Å². The third-order valence-electron chi connectivity index (χ3n) is 6.75. The molecule has 11 heteroatoms. The van der Waals surface area contributed by atoms with Gasteiger partial charge in [0.2, 0.25) is 5.91 Å². The highest BCUT2D eigenvalue weighted by molar-refractivity contribution is 7.89. The highest BCUT2D eigenvalue weighted by atomic mass is 32.2. The van der Waals surface area contributed by atoms with Crippen molar-refractivity contribution < 1.29 is 26.4 Å². The third kappa shape index (κ3) is 4.27. The summed E-state index contributed by atoms with van der Waals surface area (Å²) in [4.78, 5) is 25.6. The Morgan fingerprint density at radius 2 is 1.68 bits per heavy atom. The molecule has 1 atom stereocenters. The van der Waals surface area contributed by atoms with Gasteiger partial charge in [0, 0.05) is 25.2 Å². The lowest BCUT2D eigenvalue weighted by atomic mass is 9.93. The van der Waals surface area contributed by atoms with Crippen LogP contribution in [0, 0.1) is 0 Å². The first-order valence-corrected chi connectivity index (χ1v) is 13.0. The van der Waals surface area contributed by atoms with Crippen LogP contribution in [0.15, 0.2) is 82.6 Å². The minimum absolute atomic E-state index is 0.0521. The van der Waals surface area contributed by atoms with Crippen LogP contribution < -0.4 is 11.3 Å². The molecule has 7 nitrogen and oxygen atoms in total. The molecule has 1 unspecified atom stereocenters. The Bertz CT molecular complexity index is 1760. The largest absolute Gasteiger partial charge is 0.416 e. The molecular weight excluding hydrogens is 519 g/mol. The monoisotopic (exact) mass is 541 g/mol. The summed E-state index contributed by atoms with van der Waals surface area (Å²) in [5, 5.41) is 1.19. The lowest BCUT2D eigenvalue weighted by molar-refractivity contribution is -0.137. The predicted octanol–water partition coefficient (Wildman–Crippen LogP) is 3.94. The summed E-state index contributed by atoms with van der Waals surface area (Å²) >= 11 is 0. The van der Waals surface area contributed by atoms with Crippen LogP contribution in [0.5, 0.6) is 0 Å². The molecule has 0 saturated carbocycles. The number of nitrogens with two attached hydrogens (primary N) is 1. The fourth-order valence-electron chi connectivity index (χ4n) is 4.94. The van der Waals surface area contributed by atoms with Crippen molar-refractivity contribution in [1.82, 2.24) is 8.87 Å². The van der Waals surface area contributed by atoms with Crippen molar-refractivity contribution >= 4 is 26.7 Å². The van der Waals surface area contributed by atoms with E-state index >= 15 is 0 Å². The average molecular weight is 542 g/mol. The Morgan fingerprint density at radius 3 is 2.39 bits per heavy atom. The average Bonchev–Trinajstić information content (AvgIpc) is 2.86. The normalized spacial score (nSPS) is 17.3. The zero-order chi connectivity index (χ0) is 27.4. The van der Waals surface area contributed by atoms with Gasteiger partial charge < -0.3 is 5.73 Å². The molecule has 0 bridgehead atoms. The van der Waals surface area contributed by atoms with Gasteiger partial charge in [0.05, 0.1) is 5.56 Å². The Morgan fingerprint density at radius 1 is 1.00 bits per heavy atom. The van der Waals surface area contributed by atoms with Gasteiger partial charge in [0.15, 0.2) is 5.03 Å². The number of sulfonamides is 1. The number of benzene rings is 3. The standard InChI is InChI=1S/C27H22F3N3O4S/c1-32-15-22(25(31)35)33-23(34)14-19(12-17-8-4-7-16-6-2-3-11-21(16)17)24(26(33)38(32,36)37)18-9-5-10-20(13-18)27(28,29)30/h2-11,13-14,22H,12,15H2,1H3,(H2,31,35). The van der Waals surface area contributed by atoms with E-state index in [0.717, 1.165) is 37.3 Å². The molecule has 1 aliphatic heterocycles. The Labute approximate surface area is 216 Å². The topological polar surface area (TPSA) is 102 Å². The van der Waals surface area contributed by atoms with E-state index in [4.69, 9.17) is 5.73 Å². The number of carbonyl (C=O) groups excluding carboxylic acids is 1. The molecule has 1 aliphatic rings. The van der Waals surface area contributed by atoms with Crippen molar-refractivity contribution in [3.8, 4) is 11.1 Å². The van der Waals surface area contributed by atoms with Gasteiger partial charge in [-0.2, -0.15) is 17.5 Å². The van der Waals surface area contributed by atoms with Crippen molar-refractivity contribution in [3.05, 3.63) is 99.8 Å². The summed E-state index contributed by atoms with van der Waals surface area (Å²) in [6.07, 6.45) is -4.64. The van der Waals surface area contributed by atoms with Crippen molar-refractivity contribution in [2.24, 2.45) is 5.73 Å². The minimum atomic E-state index is -4.69. The van der Waals surface area contributed by atoms with E-state index in [2.05, 4.69) is 0 Å². The number of pyridine rings is 1. The summed E-state index contributed by atoms with van der Waals surface area (Å²) < 4.78 is 69.8. The molecule has 1 amide bonds. The van der Waals surface area contributed by atoms with Gasteiger partial charge in [0.25, 0.3) is 15.6 Å². The molecule has 2 N–H and O–H groups in total. The Hall–Kier alpha value is -3.96. The highest BCUT2D eigenvalue weighted by Gasteiger charge is 2.41. The molecule has 5 rings (SSSR count). The number of nitrogens with zero attached hydrogens (tertiary/aromatic N) is 2. The van der Waals surface area contributed by atoms with Gasteiger partial charge in [-0.3, -0.25) is 14.2 Å². The van der Waals surface area contributed by atoms with Gasteiger partial charge in [-0.25, -0.2) is 8.42 Å². The highest BCUT2D eigenvalue weighted by Crippen LogP contribution is 2.39. The summed E-state index contributed by atoms with van der Waals surface area (Å²) in [6.45, 7) is -0.380. The minimum Gasteiger partial charge on any atom is -0.368 e. The molecule has 0 aliphatic carbocycles. The molecule has 0 fully saturated rings. The smallest absolute Gasteiger partial charge is 0.368 e. The zero-order valence-corrected chi connectivity index (χ0v) is 20.9. The fourth-order valence-corrected chi connectivity index (χ4v) is 6.54. The maximum atomic E-state index is 13.6. The number of primary amides is 1. The van der Waals surface area contributed by atoms with Gasteiger partial charge in [-0.1, -0.05) is 54.6 Å². The number of hydrogen-bond acceptors (Lipinski definition) is 4. The van der Waals surface area contributed by atoms with Crippen molar-refractivity contribution in [2.45, 2.75) is 23.7 Å². The molecule has 0 saturated heterocycles. The lowest BCUT2D eigenvalue weighted by Crippen LogP contribution is -2.49. The lowest BCUT2D eigenvalue weighted by Gasteiger charge is -2.33. The summed E-state index contributed by atoms with van der Waals surface area (Å²) in [6, 6.07) is 17.1. The number of amides is 1. The second kappa shape index (κ2) is 9.10. The fraction of sp³-hybridized carbons (Fsp3) is 0.185. The number of halogens is 3. The molecule has 0 spiro atoms. The Balaban J connectivity index is 1.88. The van der Waals surface area contributed by atoms with E-state index in [-0.39, 0.29) is 29.7 Å². The quantitative estimate of drug-likeness (QED) is 0.423. The SMILES string of the molecule is CN1CC(C(N)=O)n2c(c(-c3cccc(C(F)(F)F)c3)c(Cc3cccc4ccccc34)cc2=O)S1(=O)=O. The van der Waals surface area contributed by atoms with Crippen LogP contribution in [-0.4, -0.2) is 36.8 Å². The molecular formula is C27H22F3N3O4S. The number of fused-ring (bicyclic) bond motifs is 2. The first-order valence-electron chi connectivity index (χ1n) is 11.6. The first kappa shape index (κ1) is 25.7. The number of aromatic nitrogens is 1. The Kier molecular flexibility index (Phi) is 6.15. The molecule has 3 aromatic carbocycles. The van der Waals surface area contributed by atoms with Gasteiger partial charge in [0.1, 0.15) is 6.04 Å². The zero-order valence-electron chi connectivity index (χ0n) is 20.1. The maximum Gasteiger partial charge on any atom is 0.416 e. The van der Waals surface area contributed by atoms with Crippen molar-refractivity contribution in [3.63, 3.8) is 0 Å². The van der Waals surface area contributed by atoms with Crippen molar-refractivity contribution in [2.75, 3.05) is 13.6 Å². The predicted molar refractivity (Wildman–Crippen MR) is 136 cm³/mol. The molecule has 38 heavy (non-hydrogen) atoms. The second-order valence-corrected chi connectivity index (χ2v) is 11.1. The second-order valence-electron chi connectivity index (χ2n) is 9.16. The number of alkyl halides is 3. The molecule has 0 radical (unpaired) electrons. The van der Waals surface area contributed by atoms with Gasteiger partial charge in [-0.15, -0.1) is 0 Å². The summed E-state index contributed by atoms with van der Waals surface area (Å²) in [7, 11) is -3.16. The van der Waals surface area contributed by atoms with E-state index in [1.807, 2.05) is 36.4 Å². The van der Waals surface area contributed by atoms with Crippen LogP contribution in [0.2, 0.25) is 0 Å². The van der Waals surface area contributed by atoms with Crippen LogP contribution in [0.25, 0.3) is 21.9 Å². The van der Waals surface area contributed by atoms with E-state index < -0.39 is 44.3 Å². The van der Waals surface area contributed by atoms with Crippen LogP contribution >= 0.6 is 0 Å². The van der Waals surface area contributed by atoms with E-state index in [1.54, 1.807) is 6.07 Å². The number of carbonyl (C=O) groups is 1. The van der Waals surface area contributed by atoms with Gasteiger partial charge >= 0.3 is 6.18 Å². The molecule has 196 valence electrons. The van der Waals surface area contributed by atoms with Crippen LogP contribution in [-0.2, 0) is 27.4 Å². The maximum absolute atomic E-state index is 13.6. The number of rotatable bonds is 4. The van der Waals surface area contributed by atoms with E-state index in [0.29, 0.717) is 0 Å². The van der Waals surface area contributed by atoms with E-state index in [1.165, 1.54) is 25.2 Å². The number of likely N-dealkylation sites (N-methyl/N-ethyl adjacent to an activating group) is 1. The molecule has 1 aromatic heterocycles. The van der Waals surface area contributed by atoms with Crippen LogP contribution in [0.4, 0.5) is 13.2 Å². The van der Waals surface area contributed by atoms with Crippen LogP contribution in [0.1, 0.15) is 22.7 Å². The summed E-state index contributed by atoms with van der Waals surface area (Å²) in [5.41, 5.74) is 4.57. The number of hydrogen-bond donors (Lipinski definition) is 1.